The average Bonchev–Trinajstić information content (AvgIpc) is 3.20. The predicted molar refractivity (Wildman–Crippen MR) is 84.2 cm³/mol. The highest BCUT2D eigenvalue weighted by molar-refractivity contribution is 5.89. The maximum atomic E-state index is 12.5. The molecule has 110 valence electrons. The van der Waals surface area contributed by atoms with Gasteiger partial charge in [0.15, 0.2) is 0 Å². The Kier molecular flexibility index (Phi) is 3.69. The molecule has 2 aromatic rings. The third-order valence-electron chi connectivity index (χ3n) is 3.90. The Morgan fingerprint density at radius 3 is 2.76 bits per heavy atom. The van der Waals surface area contributed by atoms with Gasteiger partial charge in [-0.25, -0.2) is 4.79 Å². The lowest BCUT2D eigenvalue weighted by Gasteiger charge is -2.23. The third kappa shape index (κ3) is 3.27. The molecule has 3 rings (SSSR count). The molecular weight excluding hydrogens is 262 g/mol. The van der Waals surface area contributed by atoms with Crippen LogP contribution in [0.2, 0.25) is 0 Å². The smallest absolute Gasteiger partial charge is 0.322 e. The van der Waals surface area contributed by atoms with E-state index in [1.54, 1.807) is 0 Å². The van der Waals surface area contributed by atoms with Crippen LogP contribution in [0.4, 0.5) is 10.5 Å². The van der Waals surface area contributed by atoms with Gasteiger partial charge in [0, 0.05) is 30.7 Å². The van der Waals surface area contributed by atoms with E-state index in [2.05, 4.69) is 16.0 Å². The first-order valence-corrected chi connectivity index (χ1v) is 7.38. The van der Waals surface area contributed by atoms with E-state index in [1.165, 1.54) is 0 Å². The fourth-order valence-corrected chi connectivity index (χ4v) is 2.51. The van der Waals surface area contributed by atoms with Gasteiger partial charge >= 0.3 is 6.03 Å². The van der Waals surface area contributed by atoms with Crippen LogP contribution < -0.4 is 5.32 Å². The van der Waals surface area contributed by atoms with Crippen LogP contribution in [0.5, 0.6) is 0 Å². The molecule has 4 nitrogen and oxygen atoms in total. The maximum absolute atomic E-state index is 12.5. The van der Waals surface area contributed by atoms with Crippen LogP contribution in [0.3, 0.4) is 0 Å². The maximum Gasteiger partial charge on any atom is 0.322 e. The minimum atomic E-state index is -0.00991. The first kappa shape index (κ1) is 13.7. The minimum absolute atomic E-state index is 0.00991. The molecule has 1 heterocycles. The topological polar surface area (TPSA) is 37.3 Å². The van der Waals surface area contributed by atoms with E-state index < -0.39 is 0 Å². The SMILES string of the molecule is Cc1cccc(NC(=O)N(Cc2cccn2C)C2CC2)c1. The van der Waals surface area contributed by atoms with E-state index in [-0.39, 0.29) is 6.03 Å². The molecule has 0 atom stereocenters. The van der Waals surface area contributed by atoms with Crippen LogP contribution in [0.15, 0.2) is 42.6 Å². The van der Waals surface area contributed by atoms with Crippen molar-refractivity contribution in [2.45, 2.75) is 32.4 Å². The zero-order valence-electron chi connectivity index (χ0n) is 12.5. The van der Waals surface area contributed by atoms with Crippen LogP contribution >= 0.6 is 0 Å². The molecule has 0 bridgehead atoms. The van der Waals surface area contributed by atoms with Crippen molar-refractivity contribution < 1.29 is 4.79 Å². The van der Waals surface area contributed by atoms with Crippen molar-refractivity contribution in [2.24, 2.45) is 7.05 Å². The molecule has 0 radical (unpaired) electrons. The summed E-state index contributed by atoms with van der Waals surface area (Å²) in [5.74, 6) is 0. The van der Waals surface area contributed by atoms with Crippen molar-refractivity contribution >= 4 is 11.7 Å². The van der Waals surface area contributed by atoms with Crippen molar-refractivity contribution in [3.05, 3.63) is 53.9 Å². The molecule has 0 saturated heterocycles. The minimum Gasteiger partial charge on any atom is -0.353 e. The van der Waals surface area contributed by atoms with E-state index in [0.29, 0.717) is 12.6 Å². The summed E-state index contributed by atoms with van der Waals surface area (Å²) in [6, 6.07) is 12.4. The summed E-state index contributed by atoms with van der Waals surface area (Å²) in [4.78, 5) is 14.5. The van der Waals surface area contributed by atoms with Crippen LogP contribution in [-0.2, 0) is 13.6 Å². The number of amides is 2. The largest absolute Gasteiger partial charge is 0.353 e. The van der Waals surface area contributed by atoms with Gasteiger partial charge in [0.25, 0.3) is 0 Å². The van der Waals surface area contributed by atoms with E-state index >= 15 is 0 Å². The van der Waals surface area contributed by atoms with Crippen LogP contribution in [0.1, 0.15) is 24.1 Å². The number of hydrogen-bond acceptors (Lipinski definition) is 1. The normalized spacial score (nSPS) is 14.0. The van der Waals surface area contributed by atoms with Crippen LogP contribution in [0, 0.1) is 6.92 Å². The fourth-order valence-electron chi connectivity index (χ4n) is 2.51. The lowest BCUT2D eigenvalue weighted by atomic mass is 10.2. The molecule has 0 unspecified atom stereocenters. The van der Waals surface area contributed by atoms with Crippen molar-refractivity contribution in [1.29, 1.82) is 0 Å². The first-order chi connectivity index (χ1) is 10.1. The summed E-state index contributed by atoms with van der Waals surface area (Å²) >= 11 is 0. The second-order valence-corrected chi connectivity index (χ2v) is 5.77. The quantitative estimate of drug-likeness (QED) is 0.915. The molecule has 4 heteroatoms. The van der Waals surface area contributed by atoms with E-state index in [1.807, 2.05) is 55.4 Å². The van der Waals surface area contributed by atoms with Crippen molar-refractivity contribution in [1.82, 2.24) is 9.47 Å². The van der Waals surface area contributed by atoms with Crippen LogP contribution in [0.25, 0.3) is 0 Å². The summed E-state index contributed by atoms with van der Waals surface area (Å²) in [5, 5.41) is 3.01. The van der Waals surface area contributed by atoms with Crippen molar-refractivity contribution in [3.8, 4) is 0 Å². The zero-order chi connectivity index (χ0) is 14.8. The third-order valence-corrected chi connectivity index (χ3v) is 3.90. The number of anilines is 1. The molecule has 1 aromatic heterocycles. The lowest BCUT2D eigenvalue weighted by molar-refractivity contribution is 0.205. The number of carbonyl (C=O) groups excluding carboxylic acids is 1. The molecule has 1 aliphatic carbocycles. The number of rotatable bonds is 4. The number of hydrogen-bond donors (Lipinski definition) is 1. The molecule has 1 fully saturated rings. The Morgan fingerprint density at radius 1 is 1.33 bits per heavy atom. The number of carbonyl (C=O) groups is 1. The number of aryl methyl sites for hydroxylation is 2. The predicted octanol–water partition coefficient (Wildman–Crippen LogP) is 3.53. The van der Waals surface area contributed by atoms with Gasteiger partial charge in [-0.3, -0.25) is 0 Å². The highest BCUT2D eigenvalue weighted by Gasteiger charge is 2.33. The van der Waals surface area contributed by atoms with Crippen LogP contribution in [-0.4, -0.2) is 21.5 Å². The first-order valence-electron chi connectivity index (χ1n) is 7.38. The van der Waals surface area contributed by atoms with Gasteiger partial charge in [0.1, 0.15) is 0 Å². The molecule has 0 spiro atoms. The molecule has 1 aliphatic rings. The summed E-state index contributed by atoms with van der Waals surface area (Å²) in [5.41, 5.74) is 3.16. The Labute approximate surface area is 125 Å². The van der Waals surface area contributed by atoms with Gasteiger partial charge in [-0.05, 0) is 49.6 Å². The van der Waals surface area contributed by atoms with E-state index in [4.69, 9.17) is 0 Å². The monoisotopic (exact) mass is 283 g/mol. The average molecular weight is 283 g/mol. The van der Waals surface area contributed by atoms with Gasteiger partial charge in [-0.1, -0.05) is 12.1 Å². The second kappa shape index (κ2) is 5.64. The number of aromatic nitrogens is 1. The summed E-state index contributed by atoms with van der Waals surface area (Å²) in [6.45, 7) is 2.68. The lowest BCUT2D eigenvalue weighted by Crippen LogP contribution is -2.36. The molecular formula is C17H21N3O. The van der Waals surface area contributed by atoms with Gasteiger partial charge in [-0.2, -0.15) is 0 Å². The summed E-state index contributed by atoms with van der Waals surface area (Å²) in [6.07, 6.45) is 4.22. The molecule has 21 heavy (non-hydrogen) atoms. The van der Waals surface area contributed by atoms with E-state index in [9.17, 15) is 4.79 Å². The Bertz CT molecular complexity index is 643. The Morgan fingerprint density at radius 2 is 2.14 bits per heavy atom. The van der Waals surface area contributed by atoms with Gasteiger partial charge in [0.2, 0.25) is 0 Å². The Hall–Kier alpha value is -2.23. The van der Waals surface area contributed by atoms with E-state index in [0.717, 1.165) is 29.8 Å². The number of urea groups is 1. The number of benzene rings is 1. The Balaban J connectivity index is 1.72. The summed E-state index contributed by atoms with van der Waals surface area (Å²) in [7, 11) is 2.01. The zero-order valence-corrected chi connectivity index (χ0v) is 12.5. The number of nitrogens with one attached hydrogen (secondary N) is 1. The van der Waals surface area contributed by atoms with Gasteiger partial charge in [0.05, 0.1) is 6.54 Å². The molecule has 1 saturated carbocycles. The van der Waals surface area contributed by atoms with Crippen molar-refractivity contribution in [3.63, 3.8) is 0 Å². The fraction of sp³-hybridized carbons (Fsp3) is 0.353. The molecule has 2 amide bonds. The molecule has 0 aliphatic heterocycles. The van der Waals surface area contributed by atoms with Gasteiger partial charge in [-0.15, -0.1) is 0 Å². The van der Waals surface area contributed by atoms with Crippen molar-refractivity contribution in [2.75, 3.05) is 5.32 Å². The highest BCUT2D eigenvalue weighted by atomic mass is 16.2. The molecule has 1 N–H and O–H groups in total. The number of nitrogens with zero attached hydrogens (tertiary/aromatic N) is 2. The van der Waals surface area contributed by atoms with Gasteiger partial charge < -0.3 is 14.8 Å². The molecule has 1 aromatic carbocycles. The second-order valence-electron chi connectivity index (χ2n) is 5.77. The standard InChI is InChI=1S/C17H21N3O/c1-13-5-3-6-14(11-13)18-17(21)20(15-8-9-15)12-16-7-4-10-19(16)2/h3-7,10-11,15H,8-9,12H2,1-2H3,(H,18,21). The highest BCUT2D eigenvalue weighted by Crippen LogP contribution is 2.29. The summed E-state index contributed by atoms with van der Waals surface area (Å²) < 4.78 is 2.06.